The lowest BCUT2D eigenvalue weighted by molar-refractivity contribution is -0.921. The van der Waals surface area contributed by atoms with Crippen molar-refractivity contribution >= 4 is 18.8 Å². The summed E-state index contributed by atoms with van der Waals surface area (Å²) < 4.78 is -0.243. The minimum Gasteiger partial charge on any atom is -0.541 e. The van der Waals surface area contributed by atoms with Crippen molar-refractivity contribution in [3.8, 4) is 0 Å². The molecule has 2 amide bonds. The highest BCUT2D eigenvalue weighted by Gasteiger charge is 2.44. The molecule has 0 rings (SSSR count). The largest absolute Gasteiger partial charge is 0.541 e. The molecular formula is C7H13N3O4. The zero-order valence-corrected chi connectivity index (χ0v) is 8.23. The molecule has 0 aliphatic rings. The van der Waals surface area contributed by atoms with Crippen LogP contribution in [0.4, 0.5) is 0 Å². The van der Waals surface area contributed by atoms with Crippen LogP contribution in [0.2, 0.25) is 0 Å². The van der Waals surface area contributed by atoms with Gasteiger partial charge in [0.05, 0.1) is 21.1 Å². The van der Waals surface area contributed by atoms with E-state index in [9.17, 15) is 19.5 Å². The van der Waals surface area contributed by atoms with Crippen molar-refractivity contribution in [1.29, 1.82) is 0 Å². The van der Waals surface area contributed by atoms with Gasteiger partial charge in [0.15, 0.2) is 5.97 Å². The third-order valence-electron chi connectivity index (χ3n) is 1.84. The minimum atomic E-state index is -1.95. The monoisotopic (exact) mass is 203 g/mol. The quantitative estimate of drug-likeness (QED) is 0.267. The Hall–Kier alpha value is -1.63. The number of hydrogen-bond acceptors (Lipinski definition) is 4. The molecule has 0 spiro atoms. The van der Waals surface area contributed by atoms with Gasteiger partial charge in [-0.15, -0.1) is 0 Å². The number of amides is 2. The Balaban J connectivity index is 5.24. The summed E-state index contributed by atoms with van der Waals surface area (Å²) in [7, 11) is 4.47. The van der Waals surface area contributed by atoms with E-state index in [-0.39, 0.29) is 17.3 Å². The molecule has 0 aliphatic heterocycles. The molecule has 14 heavy (non-hydrogen) atoms. The van der Waals surface area contributed by atoms with Gasteiger partial charge in [-0.2, -0.15) is 0 Å². The summed E-state index contributed by atoms with van der Waals surface area (Å²) in [6.45, 7) is 0. The Kier molecular flexibility index (Phi) is 3.58. The van der Waals surface area contributed by atoms with E-state index in [4.69, 9.17) is 0 Å². The van der Waals surface area contributed by atoms with Gasteiger partial charge in [0.1, 0.15) is 0 Å². The van der Waals surface area contributed by atoms with Crippen LogP contribution in [0.15, 0.2) is 0 Å². The summed E-state index contributed by atoms with van der Waals surface area (Å²) in [5.41, 5.74) is 0. The Labute approximate surface area is 81.3 Å². The van der Waals surface area contributed by atoms with E-state index < -0.39 is 11.8 Å². The molecule has 0 aromatic rings. The first-order chi connectivity index (χ1) is 6.31. The molecule has 80 valence electrons. The fourth-order valence-corrected chi connectivity index (χ4v) is 0.991. The van der Waals surface area contributed by atoms with Crippen LogP contribution in [-0.2, 0) is 14.4 Å². The number of likely N-dealkylation sites (N-methyl/N-ethyl adjacent to an activating group) is 1. The van der Waals surface area contributed by atoms with Crippen LogP contribution in [0.1, 0.15) is 0 Å². The molecule has 0 aromatic heterocycles. The number of quaternary nitrogens is 1. The van der Waals surface area contributed by atoms with Crippen molar-refractivity contribution < 1.29 is 24.0 Å². The van der Waals surface area contributed by atoms with Crippen molar-refractivity contribution in [3.05, 3.63) is 0 Å². The molecular weight excluding hydrogens is 190 g/mol. The summed E-state index contributed by atoms with van der Waals surface area (Å²) in [5.74, 6) is -3.55. The van der Waals surface area contributed by atoms with Gasteiger partial charge in [0.2, 0.25) is 12.8 Å². The van der Waals surface area contributed by atoms with E-state index in [0.29, 0.717) is 0 Å². The van der Waals surface area contributed by atoms with Crippen LogP contribution in [0.25, 0.3) is 0 Å². The maximum atomic E-state index is 10.9. The Bertz CT molecular complexity index is 236. The van der Waals surface area contributed by atoms with Gasteiger partial charge in [-0.25, -0.2) is 0 Å². The second-order valence-corrected chi connectivity index (χ2v) is 3.53. The predicted octanol–water partition coefficient (Wildman–Crippen LogP) is -3.41. The molecule has 0 fully saturated rings. The van der Waals surface area contributed by atoms with Gasteiger partial charge in [-0.3, -0.25) is 24.7 Å². The minimum absolute atomic E-state index is 0.190. The molecule has 0 bridgehead atoms. The fraction of sp³-hybridized carbons (Fsp3) is 0.571. The van der Waals surface area contributed by atoms with Gasteiger partial charge < -0.3 is 9.90 Å². The summed E-state index contributed by atoms with van der Waals surface area (Å²) >= 11 is 0. The molecule has 0 radical (unpaired) electrons. The van der Waals surface area contributed by atoms with Gasteiger partial charge in [0, 0.05) is 0 Å². The fourth-order valence-electron chi connectivity index (χ4n) is 0.991. The molecule has 0 heterocycles. The smallest absolute Gasteiger partial charge is 0.296 e. The van der Waals surface area contributed by atoms with Gasteiger partial charge in [-0.1, -0.05) is 0 Å². The van der Waals surface area contributed by atoms with Crippen LogP contribution < -0.4 is 15.7 Å². The first-order valence-corrected chi connectivity index (χ1v) is 3.77. The van der Waals surface area contributed by atoms with Crippen molar-refractivity contribution in [2.24, 2.45) is 0 Å². The lowest BCUT2D eigenvalue weighted by Gasteiger charge is -2.44. The van der Waals surface area contributed by atoms with E-state index in [0.717, 1.165) is 0 Å². The summed E-state index contributed by atoms with van der Waals surface area (Å²) in [6.07, 6.45) is 0.381. The first-order valence-electron chi connectivity index (χ1n) is 3.77. The zero-order chi connectivity index (χ0) is 11.4. The third-order valence-corrected chi connectivity index (χ3v) is 1.84. The number of carbonyl (C=O) groups is 3. The molecule has 7 heteroatoms. The lowest BCUT2D eigenvalue weighted by Crippen LogP contribution is -2.79. The van der Waals surface area contributed by atoms with Crippen LogP contribution in [0.5, 0.6) is 0 Å². The normalized spacial score (nSPS) is 11.6. The molecule has 0 atom stereocenters. The number of carbonyl (C=O) groups excluding carboxylic acids is 3. The van der Waals surface area contributed by atoms with E-state index in [1.54, 1.807) is 0 Å². The second-order valence-electron chi connectivity index (χ2n) is 3.53. The average molecular weight is 203 g/mol. The van der Waals surface area contributed by atoms with Crippen LogP contribution in [0.3, 0.4) is 0 Å². The van der Waals surface area contributed by atoms with Crippen molar-refractivity contribution in [3.63, 3.8) is 0 Å². The molecule has 2 N–H and O–H groups in total. The van der Waals surface area contributed by atoms with E-state index in [1.807, 2.05) is 10.6 Å². The highest BCUT2D eigenvalue weighted by molar-refractivity contribution is 5.79. The molecule has 0 aromatic carbocycles. The van der Waals surface area contributed by atoms with Crippen molar-refractivity contribution in [2.45, 2.75) is 5.79 Å². The maximum Gasteiger partial charge on any atom is 0.296 e. The Morgan fingerprint density at radius 2 is 1.57 bits per heavy atom. The maximum absolute atomic E-state index is 10.9. The number of carboxylic acids is 1. The molecule has 0 saturated carbocycles. The summed E-state index contributed by atoms with van der Waals surface area (Å²) in [4.78, 5) is 31.4. The Morgan fingerprint density at radius 1 is 1.21 bits per heavy atom. The highest BCUT2D eigenvalue weighted by atomic mass is 16.4. The van der Waals surface area contributed by atoms with E-state index in [2.05, 4.69) is 0 Å². The third kappa shape index (κ3) is 1.99. The van der Waals surface area contributed by atoms with Gasteiger partial charge in [0.25, 0.3) is 5.79 Å². The lowest BCUT2D eigenvalue weighted by atomic mass is 10.2. The second kappa shape index (κ2) is 4.05. The number of aliphatic carboxylic acids is 1. The average Bonchev–Trinajstić information content (AvgIpc) is 2.01. The van der Waals surface area contributed by atoms with Crippen molar-refractivity contribution in [2.75, 3.05) is 21.1 Å². The number of rotatable bonds is 6. The number of nitrogens with zero attached hydrogens (tertiary/aromatic N) is 1. The predicted molar refractivity (Wildman–Crippen MR) is 44.2 cm³/mol. The van der Waals surface area contributed by atoms with Gasteiger partial charge in [-0.05, 0) is 0 Å². The topological polar surface area (TPSA) is 98.3 Å². The van der Waals surface area contributed by atoms with E-state index in [1.165, 1.54) is 21.1 Å². The molecule has 7 nitrogen and oxygen atoms in total. The summed E-state index contributed by atoms with van der Waals surface area (Å²) in [6, 6.07) is 0. The zero-order valence-electron chi connectivity index (χ0n) is 8.23. The number of hydrogen-bond donors (Lipinski definition) is 2. The van der Waals surface area contributed by atoms with Crippen molar-refractivity contribution in [1.82, 2.24) is 10.6 Å². The SMILES string of the molecule is C[N+](C)(C)C(NC=O)(NC=O)C(=O)[O-]. The van der Waals surface area contributed by atoms with Crippen LogP contribution in [-0.4, -0.2) is 50.2 Å². The molecule has 0 saturated heterocycles. The molecule has 0 unspecified atom stereocenters. The number of carboxylic acid groups (broad SMARTS) is 1. The van der Waals surface area contributed by atoms with Gasteiger partial charge >= 0.3 is 0 Å². The summed E-state index contributed by atoms with van der Waals surface area (Å²) in [5, 5.41) is 14.9. The Morgan fingerprint density at radius 3 is 1.71 bits per heavy atom. The standard InChI is InChI=1S/C7H13N3O4/c1-10(2,3)7(6(13)14,8-4-11)9-5-12/h4-5H,1-3H3,(H2-,8,9,11,12,13,14). The van der Waals surface area contributed by atoms with E-state index >= 15 is 0 Å². The highest BCUT2D eigenvalue weighted by Crippen LogP contribution is 2.09. The first kappa shape index (κ1) is 12.4. The molecule has 0 aliphatic carbocycles. The van der Waals surface area contributed by atoms with Crippen LogP contribution in [0, 0.1) is 0 Å². The number of nitrogens with one attached hydrogen (secondary N) is 2. The van der Waals surface area contributed by atoms with Crippen LogP contribution >= 0.6 is 0 Å².